The Bertz CT molecular complexity index is 1910. The Morgan fingerprint density at radius 2 is 0.810 bits per heavy atom. The van der Waals surface area contributed by atoms with E-state index < -0.39 is 0 Å². The Hall–Kier alpha value is -4.70. The van der Waals surface area contributed by atoms with Crippen molar-refractivity contribution in [2.24, 2.45) is 9.98 Å². The number of hydrogen-bond acceptors (Lipinski definition) is 4. The van der Waals surface area contributed by atoms with E-state index in [0.29, 0.717) is 13.2 Å². The molecule has 2 heterocycles. The van der Waals surface area contributed by atoms with Crippen LogP contribution in [0.4, 0.5) is 0 Å². The summed E-state index contributed by atoms with van der Waals surface area (Å²) in [6.45, 7) is 9.63. The molecule has 0 amide bonds. The van der Waals surface area contributed by atoms with Gasteiger partial charge in [-0.25, -0.2) is 9.98 Å². The standard InChI is InChI=1S/C38H32N2O2/c1-37(2)21-41-35(39-37)27-9-5-23(6-10-27)29-17-13-25-16-20-32-30(18-14-26-15-19-31(29)33(25)34(26)32)24-7-11-28(12-8-24)36-40-38(3,4)22-42-36/h5-20H,21-22H2,1-4H3. The monoisotopic (exact) mass is 548 g/mol. The van der Waals surface area contributed by atoms with Gasteiger partial charge in [-0.2, -0.15) is 0 Å². The molecule has 4 nitrogen and oxygen atoms in total. The van der Waals surface area contributed by atoms with Gasteiger partial charge in [-0.05, 0) is 107 Å². The first-order chi connectivity index (χ1) is 20.2. The molecule has 4 heteroatoms. The van der Waals surface area contributed by atoms with Gasteiger partial charge in [-0.3, -0.25) is 0 Å². The SMILES string of the molecule is CC1(C)COC(c2ccc(-c3ccc4ccc5c(-c6ccc(C7=NC(C)(C)CO7)cc6)ccc6ccc3c4c65)cc2)=N1. The maximum Gasteiger partial charge on any atom is 0.216 e. The molecule has 0 spiro atoms. The van der Waals surface area contributed by atoms with Gasteiger partial charge in [0.1, 0.15) is 13.2 Å². The van der Waals surface area contributed by atoms with Crippen LogP contribution in [0.25, 0.3) is 54.6 Å². The number of rotatable bonds is 4. The van der Waals surface area contributed by atoms with Gasteiger partial charge in [-0.15, -0.1) is 0 Å². The lowest BCUT2D eigenvalue weighted by Crippen LogP contribution is -2.17. The lowest BCUT2D eigenvalue weighted by atomic mass is 9.87. The van der Waals surface area contributed by atoms with E-state index in [-0.39, 0.29) is 11.1 Å². The van der Waals surface area contributed by atoms with Crippen LogP contribution in [0.2, 0.25) is 0 Å². The van der Waals surface area contributed by atoms with Gasteiger partial charge >= 0.3 is 0 Å². The summed E-state index contributed by atoms with van der Waals surface area (Å²) in [6, 6.07) is 35.3. The van der Waals surface area contributed by atoms with Crippen molar-refractivity contribution in [3.63, 3.8) is 0 Å². The fourth-order valence-corrected chi connectivity index (χ4v) is 6.35. The molecule has 0 saturated carbocycles. The summed E-state index contributed by atoms with van der Waals surface area (Å²) in [7, 11) is 0. The molecule has 2 aliphatic heterocycles. The van der Waals surface area contributed by atoms with Crippen LogP contribution in [0, 0.1) is 0 Å². The summed E-state index contributed by atoms with van der Waals surface area (Å²) < 4.78 is 11.7. The molecular formula is C38H32N2O2. The highest BCUT2D eigenvalue weighted by Crippen LogP contribution is 2.42. The minimum atomic E-state index is -0.169. The molecule has 0 bridgehead atoms. The highest BCUT2D eigenvalue weighted by molar-refractivity contribution is 6.27. The lowest BCUT2D eigenvalue weighted by Gasteiger charge is -2.17. The number of nitrogens with zero attached hydrogens (tertiary/aromatic N) is 2. The third kappa shape index (κ3) is 4.05. The van der Waals surface area contributed by atoms with E-state index in [9.17, 15) is 0 Å². The summed E-state index contributed by atoms with van der Waals surface area (Å²) in [5.41, 5.74) is 6.53. The number of ether oxygens (including phenoxy) is 2. The van der Waals surface area contributed by atoms with E-state index >= 15 is 0 Å². The molecule has 0 aliphatic carbocycles. The van der Waals surface area contributed by atoms with Crippen LogP contribution < -0.4 is 0 Å². The lowest BCUT2D eigenvalue weighted by molar-refractivity contribution is 0.279. The third-order valence-corrected chi connectivity index (χ3v) is 8.48. The molecule has 0 fully saturated rings. The predicted octanol–water partition coefficient (Wildman–Crippen LogP) is 9.03. The Balaban J connectivity index is 1.22. The van der Waals surface area contributed by atoms with E-state index in [0.717, 1.165) is 22.9 Å². The van der Waals surface area contributed by atoms with Crippen LogP contribution >= 0.6 is 0 Å². The second kappa shape index (κ2) is 8.90. The van der Waals surface area contributed by atoms with E-state index in [2.05, 4.69) is 125 Å². The van der Waals surface area contributed by atoms with Crippen molar-refractivity contribution < 1.29 is 9.47 Å². The van der Waals surface area contributed by atoms with Gasteiger partial charge in [-0.1, -0.05) is 72.8 Å². The first-order valence-electron chi connectivity index (χ1n) is 14.6. The summed E-state index contributed by atoms with van der Waals surface area (Å²) in [5, 5.41) is 7.66. The Kier molecular flexibility index (Phi) is 5.31. The van der Waals surface area contributed by atoms with Crippen molar-refractivity contribution in [2.45, 2.75) is 38.8 Å². The van der Waals surface area contributed by atoms with Crippen molar-refractivity contribution in [3.05, 3.63) is 108 Å². The predicted molar refractivity (Wildman–Crippen MR) is 174 cm³/mol. The molecule has 0 aromatic heterocycles. The third-order valence-electron chi connectivity index (χ3n) is 8.48. The van der Waals surface area contributed by atoms with Crippen molar-refractivity contribution in [1.82, 2.24) is 0 Å². The molecule has 42 heavy (non-hydrogen) atoms. The summed E-state index contributed by atoms with van der Waals surface area (Å²) >= 11 is 0. The van der Waals surface area contributed by atoms with Gasteiger partial charge < -0.3 is 9.47 Å². The first kappa shape index (κ1) is 25.0. The van der Waals surface area contributed by atoms with Gasteiger partial charge in [0.25, 0.3) is 0 Å². The molecule has 6 aromatic rings. The second-order valence-electron chi connectivity index (χ2n) is 12.8. The van der Waals surface area contributed by atoms with Gasteiger partial charge in [0.05, 0.1) is 11.1 Å². The van der Waals surface area contributed by atoms with E-state index in [4.69, 9.17) is 19.5 Å². The Morgan fingerprint density at radius 3 is 1.17 bits per heavy atom. The molecule has 8 rings (SSSR count). The zero-order valence-corrected chi connectivity index (χ0v) is 24.4. The van der Waals surface area contributed by atoms with Crippen molar-refractivity contribution in [2.75, 3.05) is 13.2 Å². The second-order valence-corrected chi connectivity index (χ2v) is 12.8. The topological polar surface area (TPSA) is 43.2 Å². The van der Waals surface area contributed by atoms with Gasteiger partial charge in [0.15, 0.2) is 0 Å². The summed E-state index contributed by atoms with van der Waals surface area (Å²) in [6.07, 6.45) is 0. The smallest absolute Gasteiger partial charge is 0.216 e. The minimum absolute atomic E-state index is 0.169. The van der Waals surface area contributed by atoms with Crippen LogP contribution in [-0.2, 0) is 9.47 Å². The maximum absolute atomic E-state index is 5.87. The fourth-order valence-electron chi connectivity index (χ4n) is 6.35. The minimum Gasteiger partial charge on any atom is -0.475 e. The van der Waals surface area contributed by atoms with Crippen LogP contribution in [0.1, 0.15) is 38.8 Å². The molecule has 206 valence electrons. The molecule has 0 radical (unpaired) electrons. The number of aliphatic imine (C=N–C) groups is 2. The fraction of sp³-hybridized carbons (Fsp3) is 0.211. The van der Waals surface area contributed by atoms with Crippen LogP contribution in [-0.4, -0.2) is 36.1 Å². The molecule has 6 aromatic carbocycles. The molecule has 0 N–H and O–H groups in total. The van der Waals surface area contributed by atoms with Crippen molar-refractivity contribution in [1.29, 1.82) is 0 Å². The van der Waals surface area contributed by atoms with Crippen molar-refractivity contribution in [3.8, 4) is 22.3 Å². The van der Waals surface area contributed by atoms with E-state index in [1.807, 2.05) is 0 Å². The molecule has 0 unspecified atom stereocenters. The van der Waals surface area contributed by atoms with E-state index in [1.165, 1.54) is 54.6 Å². The molecule has 0 saturated heterocycles. The van der Waals surface area contributed by atoms with Gasteiger partial charge in [0.2, 0.25) is 11.8 Å². The van der Waals surface area contributed by atoms with Gasteiger partial charge in [0, 0.05) is 11.1 Å². The normalized spacial score (nSPS) is 17.4. The maximum atomic E-state index is 5.87. The zero-order chi connectivity index (χ0) is 28.6. The zero-order valence-electron chi connectivity index (χ0n) is 24.4. The largest absolute Gasteiger partial charge is 0.475 e. The molecule has 0 atom stereocenters. The Labute approximate surface area is 245 Å². The van der Waals surface area contributed by atoms with Crippen LogP contribution in [0.15, 0.2) is 107 Å². The number of hydrogen-bond donors (Lipinski definition) is 0. The first-order valence-corrected chi connectivity index (χ1v) is 14.6. The average molecular weight is 549 g/mol. The highest BCUT2D eigenvalue weighted by Gasteiger charge is 2.28. The van der Waals surface area contributed by atoms with E-state index in [1.54, 1.807) is 0 Å². The number of benzene rings is 6. The quantitative estimate of drug-likeness (QED) is 0.206. The average Bonchev–Trinajstić information content (AvgIpc) is 3.56. The Morgan fingerprint density at radius 1 is 0.452 bits per heavy atom. The summed E-state index contributed by atoms with van der Waals surface area (Å²) in [5.74, 6) is 1.46. The summed E-state index contributed by atoms with van der Waals surface area (Å²) in [4.78, 5) is 9.49. The highest BCUT2D eigenvalue weighted by atomic mass is 16.5. The van der Waals surface area contributed by atoms with Crippen LogP contribution in [0.5, 0.6) is 0 Å². The van der Waals surface area contributed by atoms with Crippen molar-refractivity contribution >= 4 is 44.1 Å². The molecular weight excluding hydrogens is 516 g/mol. The van der Waals surface area contributed by atoms with Crippen LogP contribution in [0.3, 0.4) is 0 Å². The molecule has 2 aliphatic rings.